The van der Waals surface area contributed by atoms with Crippen LogP contribution >= 0.6 is 24.0 Å². The van der Waals surface area contributed by atoms with Crippen LogP contribution in [-0.2, 0) is 11.3 Å². The fraction of sp³-hybridized carbons (Fsp3) is 0.565. The van der Waals surface area contributed by atoms with Crippen molar-refractivity contribution < 1.29 is 4.79 Å². The van der Waals surface area contributed by atoms with E-state index in [1.165, 1.54) is 5.69 Å². The third kappa shape index (κ3) is 8.49. The Balaban J connectivity index is 0.00000385. The van der Waals surface area contributed by atoms with Crippen molar-refractivity contribution in [1.82, 2.24) is 30.3 Å². The van der Waals surface area contributed by atoms with Crippen LogP contribution in [0.5, 0.6) is 0 Å². The number of nitrogens with zero attached hydrogens (tertiary/aromatic N) is 6. The third-order valence-corrected chi connectivity index (χ3v) is 5.48. The number of halogens is 1. The second kappa shape index (κ2) is 14.0. The number of aromatic nitrogens is 3. The standard InChI is InChI=1S/C23H36N8O.HI/c1-4-24-23(26-11-7-13-31-20(3)18-19(2)28-31)27-12-9-22(32)30-16-14-29(15-17-30)21-8-5-6-10-25-21;/h5-6,8,10,18H,4,7,9,11-17H2,1-3H3,(H2,24,26,27);1H. The van der Waals surface area contributed by atoms with Crippen molar-refractivity contribution in [1.29, 1.82) is 0 Å². The van der Waals surface area contributed by atoms with Gasteiger partial charge < -0.3 is 20.4 Å². The van der Waals surface area contributed by atoms with Crippen molar-refractivity contribution in [2.24, 2.45) is 4.99 Å². The minimum absolute atomic E-state index is 0. The predicted octanol–water partition coefficient (Wildman–Crippen LogP) is 2.20. The lowest BCUT2D eigenvalue weighted by Gasteiger charge is -2.35. The average molecular weight is 569 g/mol. The molecule has 0 aliphatic carbocycles. The third-order valence-electron chi connectivity index (χ3n) is 5.48. The molecule has 1 fully saturated rings. The number of carbonyl (C=O) groups is 1. The van der Waals surface area contributed by atoms with Gasteiger partial charge in [-0.25, -0.2) is 4.98 Å². The Morgan fingerprint density at radius 3 is 2.58 bits per heavy atom. The van der Waals surface area contributed by atoms with Crippen LogP contribution in [0.4, 0.5) is 5.82 Å². The van der Waals surface area contributed by atoms with Gasteiger partial charge in [0.25, 0.3) is 0 Å². The predicted molar refractivity (Wildman–Crippen MR) is 143 cm³/mol. The SMILES string of the molecule is CCNC(=NCCCn1nc(C)cc1C)NCCC(=O)N1CCN(c2ccccn2)CC1.I. The number of anilines is 1. The summed E-state index contributed by atoms with van der Waals surface area (Å²) in [6.45, 7) is 12.1. The molecule has 0 saturated carbocycles. The van der Waals surface area contributed by atoms with Crippen LogP contribution in [0.1, 0.15) is 31.2 Å². The molecule has 0 atom stereocenters. The molecule has 182 valence electrons. The van der Waals surface area contributed by atoms with Crippen LogP contribution in [0.3, 0.4) is 0 Å². The van der Waals surface area contributed by atoms with E-state index >= 15 is 0 Å². The molecule has 3 heterocycles. The maximum Gasteiger partial charge on any atom is 0.224 e. The summed E-state index contributed by atoms with van der Waals surface area (Å²) in [5, 5.41) is 11.0. The van der Waals surface area contributed by atoms with E-state index < -0.39 is 0 Å². The van der Waals surface area contributed by atoms with Crippen LogP contribution in [0.15, 0.2) is 35.5 Å². The summed E-state index contributed by atoms with van der Waals surface area (Å²) >= 11 is 0. The van der Waals surface area contributed by atoms with E-state index in [-0.39, 0.29) is 29.9 Å². The molecule has 2 N–H and O–H groups in total. The lowest BCUT2D eigenvalue weighted by molar-refractivity contribution is -0.131. The molecule has 0 radical (unpaired) electrons. The van der Waals surface area contributed by atoms with Crippen molar-refractivity contribution in [3.63, 3.8) is 0 Å². The molecule has 0 bridgehead atoms. The van der Waals surface area contributed by atoms with Gasteiger partial charge in [-0.2, -0.15) is 5.10 Å². The number of aliphatic imine (C=N–C) groups is 1. The summed E-state index contributed by atoms with van der Waals surface area (Å²) in [4.78, 5) is 25.8. The molecular weight excluding hydrogens is 531 g/mol. The Hall–Kier alpha value is -2.37. The van der Waals surface area contributed by atoms with Gasteiger partial charge >= 0.3 is 0 Å². The molecule has 0 aromatic carbocycles. The van der Waals surface area contributed by atoms with E-state index in [4.69, 9.17) is 0 Å². The van der Waals surface area contributed by atoms with Gasteiger partial charge in [0.1, 0.15) is 5.82 Å². The van der Waals surface area contributed by atoms with Crippen molar-refractivity contribution in [2.45, 2.75) is 40.2 Å². The molecule has 1 aliphatic rings. The lowest BCUT2D eigenvalue weighted by Crippen LogP contribution is -2.49. The molecule has 3 rings (SSSR count). The highest BCUT2D eigenvalue weighted by Gasteiger charge is 2.21. The number of hydrogen-bond donors (Lipinski definition) is 2. The zero-order chi connectivity index (χ0) is 22.8. The number of amides is 1. The molecule has 9 nitrogen and oxygen atoms in total. The largest absolute Gasteiger partial charge is 0.357 e. The Morgan fingerprint density at radius 2 is 1.94 bits per heavy atom. The van der Waals surface area contributed by atoms with Crippen LogP contribution in [-0.4, -0.2) is 77.3 Å². The Kier molecular flexibility index (Phi) is 11.4. The van der Waals surface area contributed by atoms with Crippen LogP contribution in [0.2, 0.25) is 0 Å². The zero-order valence-electron chi connectivity index (χ0n) is 20.0. The Bertz CT molecular complexity index is 878. The highest BCUT2D eigenvalue weighted by atomic mass is 127. The van der Waals surface area contributed by atoms with Gasteiger partial charge in [0.15, 0.2) is 5.96 Å². The molecule has 1 aliphatic heterocycles. The number of carbonyl (C=O) groups excluding carboxylic acids is 1. The summed E-state index contributed by atoms with van der Waals surface area (Å²) in [6.07, 6.45) is 3.18. The van der Waals surface area contributed by atoms with E-state index in [9.17, 15) is 4.79 Å². The fourth-order valence-electron chi connectivity index (χ4n) is 3.83. The zero-order valence-corrected chi connectivity index (χ0v) is 22.3. The summed E-state index contributed by atoms with van der Waals surface area (Å²) in [5.74, 6) is 1.91. The van der Waals surface area contributed by atoms with Gasteiger partial charge in [0, 0.05) is 70.7 Å². The van der Waals surface area contributed by atoms with Gasteiger partial charge in [-0.05, 0) is 45.4 Å². The molecule has 2 aromatic heterocycles. The highest BCUT2D eigenvalue weighted by molar-refractivity contribution is 14.0. The molecule has 1 saturated heterocycles. The van der Waals surface area contributed by atoms with E-state index in [0.29, 0.717) is 19.5 Å². The lowest BCUT2D eigenvalue weighted by atomic mass is 10.2. The molecule has 33 heavy (non-hydrogen) atoms. The molecule has 1 amide bonds. The smallest absolute Gasteiger partial charge is 0.224 e. The number of pyridine rings is 1. The van der Waals surface area contributed by atoms with Gasteiger partial charge in [-0.15, -0.1) is 24.0 Å². The Labute approximate surface area is 214 Å². The topological polar surface area (TPSA) is 90.7 Å². The monoisotopic (exact) mass is 568 g/mol. The molecular formula is C23H37IN8O. The fourth-order valence-corrected chi connectivity index (χ4v) is 3.83. The summed E-state index contributed by atoms with van der Waals surface area (Å²) < 4.78 is 2.03. The quantitative estimate of drug-likeness (QED) is 0.209. The van der Waals surface area contributed by atoms with E-state index in [0.717, 1.165) is 63.2 Å². The van der Waals surface area contributed by atoms with Crippen molar-refractivity contribution in [3.8, 4) is 0 Å². The van der Waals surface area contributed by atoms with Gasteiger partial charge in [0.05, 0.1) is 5.69 Å². The first-order valence-corrected chi connectivity index (χ1v) is 11.5. The van der Waals surface area contributed by atoms with E-state index in [1.807, 2.05) is 41.6 Å². The number of nitrogens with one attached hydrogen (secondary N) is 2. The number of aryl methyl sites for hydroxylation is 3. The Morgan fingerprint density at radius 1 is 1.15 bits per heavy atom. The second-order valence-corrected chi connectivity index (χ2v) is 8.00. The number of piperazine rings is 1. The normalized spacial score (nSPS) is 14.1. The molecule has 10 heteroatoms. The maximum absolute atomic E-state index is 12.6. The van der Waals surface area contributed by atoms with Gasteiger partial charge in [-0.3, -0.25) is 14.5 Å². The first-order chi connectivity index (χ1) is 15.6. The maximum atomic E-state index is 12.6. The summed E-state index contributed by atoms with van der Waals surface area (Å²) in [6, 6.07) is 8.02. The van der Waals surface area contributed by atoms with Crippen molar-refractivity contribution in [3.05, 3.63) is 41.9 Å². The molecule has 0 spiro atoms. The minimum atomic E-state index is 0. The first-order valence-electron chi connectivity index (χ1n) is 11.5. The average Bonchev–Trinajstić information content (AvgIpc) is 3.14. The van der Waals surface area contributed by atoms with Crippen molar-refractivity contribution >= 4 is 41.7 Å². The number of rotatable bonds is 9. The van der Waals surface area contributed by atoms with E-state index in [1.54, 1.807) is 6.20 Å². The van der Waals surface area contributed by atoms with Crippen LogP contribution in [0, 0.1) is 13.8 Å². The minimum Gasteiger partial charge on any atom is -0.357 e. The second-order valence-electron chi connectivity index (χ2n) is 8.00. The summed E-state index contributed by atoms with van der Waals surface area (Å²) in [5.41, 5.74) is 2.22. The van der Waals surface area contributed by atoms with Gasteiger partial charge in [0.2, 0.25) is 5.91 Å². The first kappa shape index (κ1) is 26.9. The van der Waals surface area contributed by atoms with Gasteiger partial charge in [-0.1, -0.05) is 6.07 Å². The van der Waals surface area contributed by atoms with E-state index in [2.05, 4.69) is 43.6 Å². The van der Waals surface area contributed by atoms with Crippen molar-refractivity contribution in [2.75, 3.05) is 50.7 Å². The van der Waals surface area contributed by atoms with Crippen LogP contribution < -0.4 is 15.5 Å². The molecule has 0 unspecified atom stereocenters. The number of hydrogen-bond acceptors (Lipinski definition) is 5. The molecule has 2 aromatic rings. The highest BCUT2D eigenvalue weighted by Crippen LogP contribution is 2.12. The summed E-state index contributed by atoms with van der Waals surface area (Å²) in [7, 11) is 0. The number of guanidine groups is 1. The van der Waals surface area contributed by atoms with Crippen LogP contribution in [0.25, 0.3) is 0 Å².